The fourth-order valence-corrected chi connectivity index (χ4v) is 1.60. The highest BCUT2D eigenvalue weighted by Crippen LogP contribution is 2.28. The van der Waals surface area contributed by atoms with Gasteiger partial charge in [0.05, 0.1) is 10.5 Å². The minimum atomic E-state index is -4.30. The van der Waals surface area contributed by atoms with Crippen molar-refractivity contribution in [2.45, 2.75) is 18.0 Å². The predicted molar refractivity (Wildman–Crippen MR) is 81.7 cm³/mol. The minimum Gasteiger partial charge on any atom is -0.352 e. The Morgan fingerprint density at radius 2 is 1.82 bits per heavy atom. The summed E-state index contributed by atoms with van der Waals surface area (Å²) in [6.45, 7) is 1.54. The monoisotopic (exact) mass is 348 g/mol. The molecule has 1 aromatic heterocycles. The maximum Gasteiger partial charge on any atom is 0.417 e. The number of non-ortho nitro benzene ring substituents is 1. The molecule has 0 bridgehead atoms. The Labute approximate surface area is 134 Å². The molecule has 22 heavy (non-hydrogen) atoms. The van der Waals surface area contributed by atoms with Crippen LogP contribution in [-0.4, -0.2) is 9.91 Å². The zero-order chi connectivity index (χ0) is 16.9. The Morgan fingerprint density at radius 3 is 2.23 bits per heavy atom. The van der Waals surface area contributed by atoms with Gasteiger partial charge in [-0.15, -0.1) is 12.6 Å². The van der Waals surface area contributed by atoms with Crippen molar-refractivity contribution in [2.75, 3.05) is 0 Å². The van der Waals surface area contributed by atoms with Crippen molar-refractivity contribution in [3.63, 3.8) is 0 Å². The molecule has 0 aliphatic heterocycles. The molecular weight excluding hydrogens is 337 g/mol. The van der Waals surface area contributed by atoms with Crippen molar-refractivity contribution >= 4 is 30.5 Å². The van der Waals surface area contributed by atoms with Crippen LogP contribution in [0.3, 0.4) is 0 Å². The van der Waals surface area contributed by atoms with Crippen LogP contribution in [0.5, 0.6) is 0 Å². The van der Waals surface area contributed by atoms with Gasteiger partial charge in [0.25, 0.3) is 5.69 Å². The Hall–Kier alpha value is -1.87. The minimum absolute atomic E-state index is 0.0952. The molecule has 0 amide bonds. The number of nitrogens with zero attached hydrogens (tertiary/aromatic N) is 1. The molecule has 0 spiro atoms. The molecule has 9 heteroatoms. The zero-order valence-corrected chi connectivity index (χ0v) is 12.9. The third kappa shape index (κ3) is 5.49. The second-order valence-corrected chi connectivity index (χ2v) is 5.10. The third-order valence-corrected chi connectivity index (χ3v) is 3.21. The van der Waals surface area contributed by atoms with Gasteiger partial charge in [-0.2, -0.15) is 13.2 Å². The lowest BCUT2D eigenvalue weighted by molar-refractivity contribution is -0.384. The molecule has 1 heterocycles. The molecule has 1 N–H and O–H groups in total. The molecular formula is C13H11F3N2O2S2. The van der Waals surface area contributed by atoms with Gasteiger partial charge in [-0.3, -0.25) is 10.1 Å². The maximum atomic E-state index is 12.0. The summed E-state index contributed by atoms with van der Waals surface area (Å²) in [5.74, 6) is 0. The van der Waals surface area contributed by atoms with Gasteiger partial charge in [-0.1, -0.05) is 12.2 Å². The van der Waals surface area contributed by atoms with Crippen LogP contribution in [0.2, 0.25) is 0 Å². The Bertz CT molecular complexity index is 712. The average Bonchev–Trinajstić information content (AvgIpc) is 2.42. The Morgan fingerprint density at radius 1 is 1.27 bits per heavy atom. The Kier molecular flexibility index (Phi) is 6.12. The fourth-order valence-electron chi connectivity index (χ4n) is 1.34. The van der Waals surface area contributed by atoms with Crippen LogP contribution >= 0.6 is 24.8 Å². The van der Waals surface area contributed by atoms with Crippen molar-refractivity contribution in [3.8, 4) is 0 Å². The number of aromatic nitrogens is 1. The lowest BCUT2D eigenvalue weighted by Gasteiger charge is -2.06. The number of hydrogen-bond donors (Lipinski definition) is 2. The van der Waals surface area contributed by atoms with Gasteiger partial charge >= 0.3 is 6.18 Å². The van der Waals surface area contributed by atoms with Crippen LogP contribution in [0.1, 0.15) is 11.1 Å². The first-order valence-corrected chi connectivity index (χ1v) is 6.66. The predicted octanol–water partition coefficient (Wildman–Crippen LogP) is 4.95. The van der Waals surface area contributed by atoms with E-state index in [1.165, 1.54) is 19.1 Å². The van der Waals surface area contributed by atoms with Crippen LogP contribution in [0.15, 0.2) is 41.4 Å². The zero-order valence-electron chi connectivity index (χ0n) is 11.2. The van der Waals surface area contributed by atoms with Crippen molar-refractivity contribution in [1.82, 2.24) is 4.98 Å². The van der Waals surface area contributed by atoms with Crippen LogP contribution < -0.4 is 0 Å². The Balaban J connectivity index is 0.000000224. The van der Waals surface area contributed by atoms with Gasteiger partial charge in [0.2, 0.25) is 0 Å². The number of nitrogens with one attached hydrogen (secondary N) is 1. The summed E-state index contributed by atoms with van der Waals surface area (Å²) in [5.41, 5.74) is -0.175. The standard InChI is InChI=1S/C7H6F3NS.C6H5NO2S/c1-4-2-5(7(8,9)10)3-11-6(4)12;8-7(9)5-1-3-6(10)4-2-5/h2-3H,1H3,(H,11,12);1-4,10H. The largest absolute Gasteiger partial charge is 0.417 e. The molecule has 0 saturated heterocycles. The van der Waals surface area contributed by atoms with Crippen molar-refractivity contribution in [3.05, 3.63) is 62.4 Å². The summed E-state index contributed by atoms with van der Waals surface area (Å²) in [4.78, 5) is 12.8. The van der Waals surface area contributed by atoms with Gasteiger partial charge in [0.15, 0.2) is 0 Å². The number of aromatic amines is 1. The first kappa shape index (κ1) is 18.2. The van der Waals surface area contributed by atoms with E-state index in [4.69, 9.17) is 12.2 Å². The first-order chi connectivity index (χ1) is 10.1. The SMILES string of the molecule is Cc1cc(C(F)(F)F)c[nH]c1=S.O=[N+]([O-])c1ccc(S)cc1. The molecule has 118 valence electrons. The second-order valence-electron chi connectivity index (χ2n) is 4.17. The topological polar surface area (TPSA) is 58.9 Å². The molecule has 0 unspecified atom stereocenters. The number of alkyl halides is 3. The number of benzene rings is 1. The highest BCUT2D eigenvalue weighted by atomic mass is 32.1. The molecule has 0 radical (unpaired) electrons. The van der Waals surface area contributed by atoms with Gasteiger partial charge in [-0.25, -0.2) is 0 Å². The van der Waals surface area contributed by atoms with Crippen LogP contribution in [-0.2, 0) is 6.18 Å². The molecule has 0 atom stereocenters. The van der Waals surface area contributed by atoms with Crippen molar-refractivity contribution in [1.29, 1.82) is 0 Å². The number of hydrogen-bond acceptors (Lipinski definition) is 4. The van der Waals surface area contributed by atoms with E-state index < -0.39 is 16.7 Å². The highest BCUT2D eigenvalue weighted by molar-refractivity contribution is 7.80. The summed E-state index contributed by atoms with van der Waals surface area (Å²) in [6.07, 6.45) is -3.43. The normalized spacial score (nSPS) is 10.6. The third-order valence-electron chi connectivity index (χ3n) is 2.48. The second kappa shape index (κ2) is 7.41. The summed E-state index contributed by atoms with van der Waals surface area (Å²) < 4.78 is 36.5. The van der Waals surface area contributed by atoms with E-state index in [9.17, 15) is 23.3 Å². The lowest BCUT2D eigenvalue weighted by Crippen LogP contribution is -2.05. The van der Waals surface area contributed by atoms with E-state index in [-0.39, 0.29) is 5.69 Å². The van der Waals surface area contributed by atoms with Gasteiger partial charge in [-0.05, 0) is 30.7 Å². The van der Waals surface area contributed by atoms with Gasteiger partial charge < -0.3 is 4.98 Å². The maximum absolute atomic E-state index is 12.0. The van der Waals surface area contributed by atoms with E-state index in [1.54, 1.807) is 12.1 Å². The fraction of sp³-hybridized carbons (Fsp3) is 0.154. The number of aryl methyl sites for hydroxylation is 1. The average molecular weight is 348 g/mol. The summed E-state index contributed by atoms with van der Waals surface area (Å²) in [5, 5.41) is 10.1. The number of pyridine rings is 1. The van der Waals surface area contributed by atoms with E-state index >= 15 is 0 Å². The van der Waals surface area contributed by atoms with Gasteiger partial charge in [0.1, 0.15) is 4.64 Å². The smallest absolute Gasteiger partial charge is 0.352 e. The molecule has 2 rings (SSSR count). The molecule has 1 aromatic carbocycles. The molecule has 0 saturated carbocycles. The van der Waals surface area contributed by atoms with Crippen molar-refractivity contribution < 1.29 is 18.1 Å². The van der Waals surface area contributed by atoms with Gasteiger partial charge in [0, 0.05) is 23.2 Å². The molecule has 2 aromatic rings. The van der Waals surface area contributed by atoms with Crippen LogP contribution in [0.25, 0.3) is 0 Å². The van der Waals surface area contributed by atoms with Crippen LogP contribution in [0, 0.1) is 21.7 Å². The van der Waals surface area contributed by atoms with E-state index in [1.807, 2.05) is 0 Å². The number of halogens is 3. The molecule has 0 fully saturated rings. The summed E-state index contributed by atoms with van der Waals surface area (Å²) in [7, 11) is 0. The molecule has 0 aliphatic rings. The number of nitro benzene ring substituents is 1. The van der Waals surface area contributed by atoms with E-state index in [2.05, 4.69) is 17.6 Å². The number of nitro groups is 1. The number of H-pyrrole nitrogens is 1. The quantitative estimate of drug-likeness (QED) is 0.332. The van der Waals surface area contributed by atoms with E-state index in [0.717, 1.165) is 17.2 Å². The van der Waals surface area contributed by atoms with Crippen LogP contribution in [0.4, 0.5) is 18.9 Å². The summed E-state index contributed by atoms with van der Waals surface area (Å²) >= 11 is 8.69. The number of thiol groups is 1. The first-order valence-electron chi connectivity index (χ1n) is 5.81. The van der Waals surface area contributed by atoms with E-state index in [0.29, 0.717) is 10.2 Å². The number of rotatable bonds is 1. The van der Waals surface area contributed by atoms with Crippen molar-refractivity contribution in [2.24, 2.45) is 0 Å². The molecule has 4 nitrogen and oxygen atoms in total. The highest BCUT2D eigenvalue weighted by Gasteiger charge is 2.30. The lowest BCUT2D eigenvalue weighted by atomic mass is 10.2. The summed E-state index contributed by atoms with van der Waals surface area (Å²) in [6, 6.07) is 7.03. The molecule has 0 aliphatic carbocycles.